The SMILES string of the molecule is CC(NC(=O)c1csc(CSc2nnc(-c3cccnc3)n2-c2ccccc2)n1)c1ccccc1. The maximum atomic E-state index is 12.7. The lowest BCUT2D eigenvalue weighted by Gasteiger charge is -2.13. The Morgan fingerprint density at radius 2 is 1.80 bits per heavy atom. The zero-order valence-electron chi connectivity index (χ0n) is 18.9. The van der Waals surface area contributed by atoms with Crippen molar-refractivity contribution in [3.63, 3.8) is 0 Å². The predicted molar refractivity (Wildman–Crippen MR) is 139 cm³/mol. The van der Waals surface area contributed by atoms with Gasteiger partial charge in [-0.3, -0.25) is 14.3 Å². The smallest absolute Gasteiger partial charge is 0.271 e. The number of aromatic nitrogens is 5. The molecule has 1 N–H and O–H groups in total. The Bertz CT molecular complexity index is 1400. The lowest BCUT2D eigenvalue weighted by molar-refractivity contribution is 0.0935. The molecule has 0 aliphatic rings. The Hall–Kier alpha value is -3.82. The Labute approximate surface area is 211 Å². The maximum absolute atomic E-state index is 12.7. The van der Waals surface area contributed by atoms with Crippen LogP contribution in [0.4, 0.5) is 0 Å². The Morgan fingerprint density at radius 3 is 2.54 bits per heavy atom. The van der Waals surface area contributed by atoms with Crippen LogP contribution in [-0.4, -0.2) is 30.6 Å². The van der Waals surface area contributed by atoms with E-state index < -0.39 is 0 Å². The molecule has 35 heavy (non-hydrogen) atoms. The van der Waals surface area contributed by atoms with Crippen LogP contribution in [0.3, 0.4) is 0 Å². The molecule has 0 fully saturated rings. The first-order chi connectivity index (χ1) is 17.2. The average molecular weight is 499 g/mol. The molecule has 2 aromatic carbocycles. The fraction of sp³-hybridized carbons (Fsp3) is 0.115. The van der Waals surface area contributed by atoms with Crippen molar-refractivity contribution in [3.8, 4) is 17.1 Å². The van der Waals surface area contributed by atoms with Gasteiger partial charge in [0.25, 0.3) is 5.91 Å². The van der Waals surface area contributed by atoms with Gasteiger partial charge in [0.2, 0.25) is 0 Å². The van der Waals surface area contributed by atoms with Crippen LogP contribution in [0.2, 0.25) is 0 Å². The molecule has 3 aromatic heterocycles. The third kappa shape index (κ3) is 5.31. The number of nitrogens with zero attached hydrogens (tertiary/aromatic N) is 5. The molecule has 7 nitrogen and oxygen atoms in total. The summed E-state index contributed by atoms with van der Waals surface area (Å²) in [6.07, 6.45) is 3.51. The molecule has 0 aliphatic heterocycles. The van der Waals surface area contributed by atoms with Crippen molar-refractivity contribution in [2.45, 2.75) is 23.9 Å². The molecule has 1 amide bonds. The zero-order valence-corrected chi connectivity index (χ0v) is 20.5. The number of pyridine rings is 1. The number of rotatable bonds is 8. The van der Waals surface area contributed by atoms with Crippen LogP contribution < -0.4 is 5.32 Å². The van der Waals surface area contributed by atoms with E-state index in [-0.39, 0.29) is 11.9 Å². The summed E-state index contributed by atoms with van der Waals surface area (Å²) in [6, 6.07) is 23.6. The van der Waals surface area contributed by atoms with E-state index in [1.165, 1.54) is 23.1 Å². The van der Waals surface area contributed by atoms with Gasteiger partial charge in [-0.05, 0) is 36.8 Å². The van der Waals surface area contributed by atoms with Crippen LogP contribution in [0, 0.1) is 0 Å². The highest BCUT2D eigenvalue weighted by Crippen LogP contribution is 2.30. The van der Waals surface area contributed by atoms with Gasteiger partial charge in [-0.25, -0.2) is 4.98 Å². The Kier molecular flexibility index (Phi) is 6.97. The second-order valence-electron chi connectivity index (χ2n) is 7.74. The predicted octanol–water partition coefficient (Wildman–Crippen LogP) is 5.57. The van der Waals surface area contributed by atoms with Crippen LogP contribution in [0.25, 0.3) is 17.1 Å². The van der Waals surface area contributed by atoms with E-state index >= 15 is 0 Å². The van der Waals surface area contributed by atoms with Crippen LogP contribution in [0.5, 0.6) is 0 Å². The molecular weight excluding hydrogens is 476 g/mol. The van der Waals surface area contributed by atoms with Crippen molar-refractivity contribution in [1.29, 1.82) is 0 Å². The standard InChI is InChI=1S/C26H22N6OS2/c1-18(19-9-4-2-5-10-19)28-25(33)22-16-34-23(29-22)17-35-26-31-30-24(20-11-8-14-27-15-20)32(26)21-12-6-3-7-13-21/h2-16,18H,17H2,1H3,(H,28,33). The Morgan fingerprint density at radius 1 is 1.03 bits per heavy atom. The molecule has 3 heterocycles. The molecule has 0 aliphatic carbocycles. The molecule has 174 valence electrons. The van der Waals surface area contributed by atoms with E-state index in [0.29, 0.717) is 11.4 Å². The molecule has 0 saturated heterocycles. The normalized spacial score (nSPS) is 11.8. The lowest BCUT2D eigenvalue weighted by atomic mass is 10.1. The first-order valence-electron chi connectivity index (χ1n) is 11.0. The van der Waals surface area contributed by atoms with Crippen molar-refractivity contribution in [3.05, 3.63) is 107 Å². The van der Waals surface area contributed by atoms with Gasteiger partial charge in [0.15, 0.2) is 11.0 Å². The summed E-state index contributed by atoms with van der Waals surface area (Å²) < 4.78 is 2.02. The van der Waals surface area contributed by atoms with Gasteiger partial charge < -0.3 is 5.32 Å². The summed E-state index contributed by atoms with van der Waals surface area (Å²) in [4.78, 5) is 21.5. The number of nitrogens with one attached hydrogen (secondary N) is 1. The van der Waals surface area contributed by atoms with Crippen molar-refractivity contribution in [2.75, 3.05) is 0 Å². The van der Waals surface area contributed by atoms with Gasteiger partial charge in [-0.15, -0.1) is 21.5 Å². The third-order valence-corrected chi connectivity index (χ3v) is 7.30. The number of benzene rings is 2. The summed E-state index contributed by atoms with van der Waals surface area (Å²) in [6.45, 7) is 1.96. The second-order valence-corrected chi connectivity index (χ2v) is 9.62. The number of para-hydroxylation sites is 1. The van der Waals surface area contributed by atoms with Gasteiger partial charge in [0.05, 0.1) is 11.8 Å². The molecule has 5 rings (SSSR count). The van der Waals surface area contributed by atoms with Crippen LogP contribution in [0.1, 0.15) is 34.0 Å². The van der Waals surface area contributed by atoms with E-state index in [4.69, 9.17) is 0 Å². The summed E-state index contributed by atoms with van der Waals surface area (Å²) in [5.41, 5.74) is 3.33. The molecule has 0 bridgehead atoms. The number of thioether (sulfide) groups is 1. The van der Waals surface area contributed by atoms with E-state index in [9.17, 15) is 4.79 Å². The van der Waals surface area contributed by atoms with E-state index in [1.807, 2.05) is 84.3 Å². The minimum Gasteiger partial charge on any atom is -0.344 e. The Balaban J connectivity index is 1.32. The minimum atomic E-state index is -0.180. The maximum Gasteiger partial charge on any atom is 0.271 e. The fourth-order valence-corrected chi connectivity index (χ4v) is 5.30. The van der Waals surface area contributed by atoms with Crippen molar-refractivity contribution >= 4 is 29.0 Å². The van der Waals surface area contributed by atoms with Crippen LogP contribution in [-0.2, 0) is 5.75 Å². The van der Waals surface area contributed by atoms with Crippen molar-refractivity contribution < 1.29 is 4.79 Å². The molecule has 1 atom stereocenters. The van der Waals surface area contributed by atoms with Gasteiger partial charge in [0, 0.05) is 29.0 Å². The second kappa shape index (κ2) is 10.6. The summed E-state index contributed by atoms with van der Waals surface area (Å²) in [5.74, 6) is 1.12. The first kappa shape index (κ1) is 22.9. The fourth-order valence-electron chi connectivity index (χ4n) is 3.56. The molecule has 0 saturated carbocycles. The lowest BCUT2D eigenvalue weighted by Crippen LogP contribution is -2.26. The topological polar surface area (TPSA) is 85.6 Å². The van der Waals surface area contributed by atoms with Gasteiger partial charge in [-0.2, -0.15) is 0 Å². The summed E-state index contributed by atoms with van der Waals surface area (Å²) in [5, 5.41) is 15.3. The van der Waals surface area contributed by atoms with E-state index in [0.717, 1.165) is 32.8 Å². The van der Waals surface area contributed by atoms with E-state index in [2.05, 4.69) is 25.5 Å². The number of hydrogen-bond donors (Lipinski definition) is 1. The highest BCUT2D eigenvalue weighted by molar-refractivity contribution is 7.98. The monoisotopic (exact) mass is 498 g/mol. The quantitative estimate of drug-likeness (QED) is 0.282. The zero-order chi connectivity index (χ0) is 24.0. The van der Waals surface area contributed by atoms with Crippen LogP contribution in [0.15, 0.2) is 95.7 Å². The highest BCUT2D eigenvalue weighted by Gasteiger charge is 2.18. The van der Waals surface area contributed by atoms with E-state index in [1.54, 1.807) is 17.8 Å². The van der Waals surface area contributed by atoms with Gasteiger partial charge >= 0.3 is 0 Å². The largest absolute Gasteiger partial charge is 0.344 e. The van der Waals surface area contributed by atoms with Crippen molar-refractivity contribution in [2.24, 2.45) is 0 Å². The summed E-state index contributed by atoms with van der Waals surface area (Å²) >= 11 is 3.00. The van der Waals surface area contributed by atoms with Crippen molar-refractivity contribution in [1.82, 2.24) is 30.0 Å². The molecular formula is C26H22N6OS2. The highest BCUT2D eigenvalue weighted by atomic mass is 32.2. The number of carbonyl (C=O) groups excluding carboxylic acids is 1. The van der Waals surface area contributed by atoms with Crippen LogP contribution >= 0.6 is 23.1 Å². The number of hydrogen-bond acceptors (Lipinski definition) is 7. The number of amides is 1. The first-order valence-corrected chi connectivity index (χ1v) is 12.9. The molecule has 0 spiro atoms. The molecule has 9 heteroatoms. The molecule has 5 aromatic rings. The molecule has 1 unspecified atom stereocenters. The number of thiazole rings is 1. The summed E-state index contributed by atoms with van der Waals surface area (Å²) in [7, 11) is 0. The average Bonchev–Trinajstić information content (AvgIpc) is 3.56. The van der Waals surface area contributed by atoms with Gasteiger partial charge in [0.1, 0.15) is 10.7 Å². The minimum absolute atomic E-state index is 0.0986. The molecule has 0 radical (unpaired) electrons. The van der Waals surface area contributed by atoms with Gasteiger partial charge in [-0.1, -0.05) is 60.3 Å². The third-order valence-electron chi connectivity index (χ3n) is 5.32. The number of carbonyl (C=O) groups is 1.